The van der Waals surface area contributed by atoms with E-state index in [0.29, 0.717) is 19.5 Å². The van der Waals surface area contributed by atoms with E-state index in [-0.39, 0.29) is 6.10 Å². The Morgan fingerprint density at radius 1 is 1.75 bits per heavy atom. The molecule has 1 N–H and O–H groups in total. The predicted octanol–water partition coefficient (Wildman–Crippen LogP) is 1.74. The summed E-state index contributed by atoms with van der Waals surface area (Å²) in [5.41, 5.74) is 7.64. The summed E-state index contributed by atoms with van der Waals surface area (Å²) in [7, 11) is 1.68. The van der Waals surface area contributed by atoms with Crippen LogP contribution in [-0.4, -0.2) is 31.8 Å². The van der Waals surface area contributed by atoms with Gasteiger partial charge in [-0.1, -0.05) is 5.11 Å². The fourth-order valence-corrected chi connectivity index (χ4v) is 2.12. The maximum atomic E-state index is 9.24. The lowest BCUT2D eigenvalue weighted by atomic mass is 9.81. The first kappa shape index (κ1) is 12.8. The number of hydrogen-bond donors (Lipinski definition) is 1. The van der Waals surface area contributed by atoms with Crippen molar-refractivity contribution < 1.29 is 4.74 Å². The van der Waals surface area contributed by atoms with E-state index in [2.05, 4.69) is 21.4 Å². The molecule has 0 aromatic heterocycles. The summed E-state index contributed by atoms with van der Waals surface area (Å²) in [6.07, 6.45) is 3.69. The molecule has 0 saturated heterocycles. The van der Waals surface area contributed by atoms with E-state index in [1.165, 1.54) is 0 Å². The van der Waals surface area contributed by atoms with Crippen molar-refractivity contribution >= 4 is 0 Å². The molecule has 0 spiro atoms. The Morgan fingerprint density at radius 2 is 2.56 bits per heavy atom. The molecule has 0 amide bonds. The highest BCUT2D eigenvalue weighted by molar-refractivity contribution is 5.10. The molecule has 0 aromatic rings. The van der Waals surface area contributed by atoms with Gasteiger partial charge in [-0.2, -0.15) is 5.26 Å². The Morgan fingerprint density at radius 3 is 3.19 bits per heavy atom. The van der Waals surface area contributed by atoms with E-state index in [0.717, 1.165) is 19.3 Å². The zero-order valence-electron chi connectivity index (χ0n) is 9.52. The van der Waals surface area contributed by atoms with Crippen molar-refractivity contribution in [3.8, 4) is 6.07 Å². The minimum atomic E-state index is -0.510. The van der Waals surface area contributed by atoms with Gasteiger partial charge in [0.25, 0.3) is 0 Å². The zero-order valence-corrected chi connectivity index (χ0v) is 9.52. The number of nitrogens with one attached hydrogen (secondary N) is 1. The first-order chi connectivity index (χ1) is 7.76. The summed E-state index contributed by atoms with van der Waals surface area (Å²) in [5, 5.41) is 15.9. The molecule has 0 bridgehead atoms. The zero-order chi connectivity index (χ0) is 11.9. The van der Waals surface area contributed by atoms with Crippen LogP contribution < -0.4 is 5.32 Å². The smallest absolute Gasteiger partial charge is 0.109 e. The molecular weight excluding hydrogens is 206 g/mol. The van der Waals surface area contributed by atoms with Crippen LogP contribution in [0.5, 0.6) is 0 Å². The van der Waals surface area contributed by atoms with Crippen molar-refractivity contribution in [1.29, 1.82) is 5.26 Å². The summed E-state index contributed by atoms with van der Waals surface area (Å²) in [4.78, 5) is 2.68. The molecule has 1 saturated carbocycles. The Hall–Kier alpha value is -1.28. The number of azide groups is 1. The number of ether oxygens (including phenoxy) is 1. The van der Waals surface area contributed by atoms with Crippen molar-refractivity contribution in [2.75, 3.05) is 20.2 Å². The van der Waals surface area contributed by atoms with Gasteiger partial charge in [0.2, 0.25) is 0 Å². The Balaban J connectivity index is 2.49. The van der Waals surface area contributed by atoms with Gasteiger partial charge in [0, 0.05) is 31.5 Å². The molecule has 1 fully saturated rings. The lowest BCUT2D eigenvalue weighted by Crippen LogP contribution is -2.50. The average molecular weight is 223 g/mol. The molecule has 6 heteroatoms. The summed E-state index contributed by atoms with van der Waals surface area (Å²) in [6.45, 7) is 0.908. The summed E-state index contributed by atoms with van der Waals surface area (Å²) < 4.78 is 5.30. The Kier molecular flexibility index (Phi) is 5.06. The maximum Gasteiger partial charge on any atom is 0.109 e. The first-order valence-electron chi connectivity index (χ1n) is 5.46. The highest BCUT2D eigenvalue weighted by Crippen LogP contribution is 2.29. The van der Waals surface area contributed by atoms with Crippen molar-refractivity contribution in [3.05, 3.63) is 10.4 Å². The molecule has 88 valence electrons. The van der Waals surface area contributed by atoms with Crippen molar-refractivity contribution in [1.82, 2.24) is 5.32 Å². The molecule has 0 aliphatic heterocycles. The van der Waals surface area contributed by atoms with Gasteiger partial charge >= 0.3 is 0 Å². The van der Waals surface area contributed by atoms with Crippen LogP contribution in [0.1, 0.15) is 25.7 Å². The first-order valence-corrected chi connectivity index (χ1v) is 5.46. The van der Waals surface area contributed by atoms with Crippen LogP contribution in [0, 0.1) is 11.3 Å². The average Bonchev–Trinajstić information content (AvgIpc) is 2.35. The normalized spacial score (nSPS) is 29.1. The topological polar surface area (TPSA) is 93.8 Å². The van der Waals surface area contributed by atoms with E-state index in [1.54, 1.807) is 7.11 Å². The van der Waals surface area contributed by atoms with Gasteiger partial charge in [-0.15, -0.1) is 0 Å². The van der Waals surface area contributed by atoms with Crippen LogP contribution in [0.15, 0.2) is 5.11 Å². The third kappa shape index (κ3) is 3.38. The van der Waals surface area contributed by atoms with Crippen molar-refractivity contribution in [3.63, 3.8) is 0 Å². The third-order valence-electron chi connectivity index (χ3n) is 2.99. The largest absolute Gasteiger partial charge is 0.381 e. The van der Waals surface area contributed by atoms with Gasteiger partial charge in [-0.25, -0.2) is 0 Å². The summed E-state index contributed by atoms with van der Waals surface area (Å²) in [6, 6.07) is 2.33. The van der Waals surface area contributed by atoms with Gasteiger partial charge in [-0.3, -0.25) is 5.32 Å². The second-order valence-corrected chi connectivity index (χ2v) is 4.03. The van der Waals surface area contributed by atoms with E-state index < -0.39 is 5.54 Å². The second-order valence-electron chi connectivity index (χ2n) is 4.03. The highest BCUT2D eigenvalue weighted by Gasteiger charge is 2.35. The molecule has 2 atom stereocenters. The summed E-state index contributed by atoms with van der Waals surface area (Å²) in [5.74, 6) is 0. The van der Waals surface area contributed by atoms with Gasteiger partial charge < -0.3 is 4.74 Å². The molecule has 0 radical (unpaired) electrons. The number of methoxy groups -OCH3 is 1. The summed E-state index contributed by atoms with van der Waals surface area (Å²) >= 11 is 0. The van der Waals surface area contributed by atoms with E-state index in [4.69, 9.17) is 10.3 Å². The minimum Gasteiger partial charge on any atom is -0.381 e. The third-order valence-corrected chi connectivity index (χ3v) is 2.99. The Labute approximate surface area is 95.2 Å². The number of hydrogen-bond acceptors (Lipinski definition) is 4. The van der Waals surface area contributed by atoms with Crippen LogP contribution in [0.3, 0.4) is 0 Å². The molecule has 6 nitrogen and oxygen atoms in total. The molecule has 1 rings (SSSR count). The van der Waals surface area contributed by atoms with Gasteiger partial charge in [-0.05, 0) is 24.8 Å². The van der Waals surface area contributed by atoms with E-state index in [1.807, 2.05) is 0 Å². The fourth-order valence-electron chi connectivity index (χ4n) is 2.12. The van der Waals surface area contributed by atoms with Crippen molar-refractivity contribution in [2.45, 2.75) is 37.3 Å². The number of nitrogens with zero attached hydrogens (tertiary/aromatic N) is 4. The standard InChI is InChI=1S/C10H17N5O/c1-16-9-3-2-4-10(7-9,8-11)13-5-6-14-15-12/h9,13H,2-7H2,1H3. The highest BCUT2D eigenvalue weighted by atomic mass is 16.5. The quantitative estimate of drug-likeness (QED) is 0.333. The van der Waals surface area contributed by atoms with Gasteiger partial charge in [0.15, 0.2) is 0 Å². The SMILES string of the molecule is COC1CCCC(C#N)(NCCN=[N+]=[N-])C1. The van der Waals surface area contributed by atoms with Crippen LogP contribution in [0.25, 0.3) is 10.4 Å². The minimum absolute atomic E-state index is 0.153. The molecule has 16 heavy (non-hydrogen) atoms. The monoisotopic (exact) mass is 223 g/mol. The molecular formula is C10H17N5O. The van der Waals surface area contributed by atoms with Gasteiger partial charge in [0.1, 0.15) is 5.54 Å². The molecule has 2 unspecified atom stereocenters. The fraction of sp³-hybridized carbons (Fsp3) is 0.900. The van der Waals surface area contributed by atoms with Crippen LogP contribution >= 0.6 is 0 Å². The van der Waals surface area contributed by atoms with Crippen LogP contribution in [0.2, 0.25) is 0 Å². The Bertz CT molecular complexity index is 307. The molecule has 1 aliphatic rings. The van der Waals surface area contributed by atoms with E-state index in [9.17, 15) is 5.26 Å². The maximum absolute atomic E-state index is 9.24. The molecule has 0 heterocycles. The second kappa shape index (κ2) is 6.33. The van der Waals surface area contributed by atoms with Gasteiger partial charge in [0.05, 0.1) is 12.2 Å². The lowest BCUT2D eigenvalue weighted by molar-refractivity contribution is 0.0453. The predicted molar refractivity (Wildman–Crippen MR) is 59.6 cm³/mol. The van der Waals surface area contributed by atoms with Crippen molar-refractivity contribution in [2.24, 2.45) is 5.11 Å². The number of rotatable bonds is 5. The number of nitriles is 1. The van der Waals surface area contributed by atoms with Crippen LogP contribution in [-0.2, 0) is 4.74 Å². The van der Waals surface area contributed by atoms with Crippen LogP contribution in [0.4, 0.5) is 0 Å². The van der Waals surface area contributed by atoms with E-state index >= 15 is 0 Å². The molecule has 0 aromatic carbocycles. The lowest BCUT2D eigenvalue weighted by Gasteiger charge is -2.35. The molecule has 1 aliphatic carbocycles.